The lowest BCUT2D eigenvalue weighted by atomic mass is 9.95. The molecule has 2 amide bonds. The third kappa shape index (κ3) is 5.95. The zero-order valence-electron chi connectivity index (χ0n) is 13.3. The minimum atomic E-state index is -3.03. The third-order valence-electron chi connectivity index (χ3n) is 4.09. The van der Waals surface area contributed by atoms with Gasteiger partial charge in [0.25, 0.3) is 5.91 Å². The number of carbonyl (C=O) groups is 3. The van der Waals surface area contributed by atoms with Crippen molar-refractivity contribution in [2.75, 3.05) is 18.1 Å². The number of hydrogen-bond acceptors (Lipinski definition) is 6. The Balaban J connectivity index is 1.61. The smallest absolute Gasteiger partial charge is 0.309 e. The molecule has 2 atom stereocenters. The average molecular weight is 358 g/mol. The fourth-order valence-electron chi connectivity index (χ4n) is 2.78. The fourth-order valence-corrected chi connectivity index (χ4v) is 4.65. The molecule has 0 aromatic carbocycles. The van der Waals surface area contributed by atoms with Crippen molar-refractivity contribution in [1.82, 2.24) is 10.9 Å². The van der Waals surface area contributed by atoms with Gasteiger partial charge in [-0.1, -0.05) is 12.2 Å². The van der Waals surface area contributed by atoms with E-state index in [0.29, 0.717) is 19.3 Å². The molecular weight excluding hydrogens is 336 g/mol. The zero-order chi connectivity index (χ0) is 17.6. The Bertz CT molecular complexity index is 628. The van der Waals surface area contributed by atoms with Crippen LogP contribution < -0.4 is 10.9 Å². The molecule has 0 radical (unpaired) electrons. The van der Waals surface area contributed by atoms with Crippen molar-refractivity contribution >= 4 is 27.6 Å². The number of sulfone groups is 1. The van der Waals surface area contributed by atoms with Crippen molar-refractivity contribution in [3.8, 4) is 0 Å². The van der Waals surface area contributed by atoms with Gasteiger partial charge in [0.05, 0.1) is 17.4 Å². The summed E-state index contributed by atoms with van der Waals surface area (Å²) in [6.07, 6.45) is 6.55. The van der Waals surface area contributed by atoms with E-state index in [2.05, 4.69) is 10.9 Å². The Labute approximate surface area is 140 Å². The lowest BCUT2D eigenvalue weighted by Crippen LogP contribution is -2.44. The normalized spacial score (nSPS) is 25.0. The predicted molar refractivity (Wildman–Crippen MR) is 85.1 cm³/mol. The van der Waals surface area contributed by atoms with Gasteiger partial charge in [0, 0.05) is 6.42 Å². The Morgan fingerprint density at radius 2 is 1.83 bits per heavy atom. The first-order valence-electron chi connectivity index (χ1n) is 7.95. The molecule has 1 fully saturated rings. The molecule has 2 aliphatic rings. The van der Waals surface area contributed by atoms with E-state index in [0.717, 1.165) is 6.42 Å². The zero-order valence-corrected chi connectivity index (χ0v) is 14.1. The van der Waals surface area contributed by atoms with Gasteiger partial charge in [-0.05, 0) is 31.6 Å². The number of carbonyl (C=O) groups excluding carboxylic acids is 3. The van der Waals surface area contributed by atoms with E-state index in [1.54, 1.807) is 0 Å². The highest BCUT2D eigenvalue weighted by molar-refractivity contribution is 7.91. The van der Waals surface area contributed by atoms with Crippen molar-refractivity contribution in [1.29, 1.82) is 0 Å². The second-order valence-corrected chi connectivity index (χ2v) is 8.39. The topological polar surface area (TPSA) is 119 Å². The van der Waals surface area contributed by atoms with Crippen LogP contribution in [-0.2, 0) is 29.0 Å². The minimum absolute atomic E-state index is 0.00180. The van der Waals surface area contributed by atoms with Gasteiger partial charge in [0.2, 0.25) is 5.91 Å². The summed E-state index contributed by atoms with van der Waals surface area (Å²) in [5, 5.41) is 0. The molecule has 0 unspecified atom stereocenters. The van der Waals surface area contributed by atoms with Crippen LogP contribution in [0.1, 0.15) is 32.1 Å². The number of hydrogen-bond donors (Lipinski definition) is 2. The highest BCUT2D eigenvalue weighted by atomic mass is 32.2. The number of hydrazine groups is 1. The van der Waals surface area contributed by atoms with E-state index < -0.39 is 34.2 Å². The fraction of sp³-hybridized carbons (Fsp3) is 0.667. The molecule has 0 spiro atoms. The molecule has 134 valence electrons. The molecule has 1 aliphatic carbocycles. The Morgan fingerprint density at radius 3 is 2.46 bits per heavy atom. The molecule has 0 bridgehead atoms. The summed E-state index contributed by atoms with van der Waals surface area (Å²) in [5.41, 5.74) is 4.36. The second kappa shape index (κ2) is 8.27. The molecule has 1 aliphatic heterocycles. The van der Waals surface area contributed by atoms with Gasteiger partial charge in [-0.2, -0.15) is 0 Å². The summed E-state index contributed by atoms with van der Waals surface area (Å²) in [5.74, 6) is -1.86. The molecule has 9 heteroatoms. The lowest BCUT2D eigenvalue weighted by molar-refractivity contribution is -0.153. The van der Waals surface area contributed by atoms with Gasteiger partial charge in [-0.15, -0.1) is 0 Å². The Hall–Kier alpha value is -1.90. The molecule has 0 aromatic rings. The average Bonchev–Trinajstić information content (AvgIpc) is 2.90. The molecule has 0 saturated carbocycles. The maximum atomic E-state index is 11.8. The quantitative estimate of drug-likeness (QED) is 0.401. The van der Waals surface area contributed by atoms with Gasteiger partial charge >= 0.3 is 5.97 Å². The lowest BCUT2D eigenvalue weighted by Gasteiger charge is -2.16. The molecule has 2 N–H and O–H groups in total. The first kappa shape index (κ1) is 18.4. The van der Waals surface area contributed by atoms with E-state index in [1.807, 2.05) is 12.2 Å². The molecule has 1 saturated heterocycles. The Morgan fingerprint density at radius 1 is 1.08 bits per heavy atom. The number of amides is 2. The molecule has 8 nitrogen and oxygen atoms in total. The van der Waals surface area contributed by atoms with Gasteiger partial charge < -0.3 is 4.74 Å². The molecule has 0 aromatic heterocycles. The van der Waals surface area contributed by atoms with E-state index >= 15 is 0 Å². The van der Waals surface area contributed by atoms with Gasteiger partial charge in [-0.3, -0.25) is 25.2 Å². The summed E-state index contributed by atoms with van der Waals surface area (Å²) >= 11 is 0. The number of nitrogens with one attached hydrogen (secondary N) is 2. The largest absolute Gasteiger partial charge is 0.455 e. The third-order valence-corrected chi connectivity index (χ3v) is 5.93. The van der Waals surface area contributed by atoms with E-state index in [9.17, 15) is 22.8 Å². The van der Waals surface area contributed by atoms with Crippen LogP contribution in [0.4, 0.5) is 0 Å². The Kier molecular flexibility index (Phi) is 6.36. The highest BCUT2D eigenvalue weighted by Gasteiger charge is 2.29. The van der Waals surface area contributed by atoms with Crippen LogP contribution in [0.2, 0.25) is 0 Å². The number of ether oxygens (including phenoxy) is 1. The summed E-state index contributed by atoms with van der Waals surface area (Å²) < 4.78 is 27.5. The molecule has 2 rings (SSSR count). The SMILES string of the molecule is O=C(COC(=O)[C@H]1CC=CCC1)NNC(=O)C[C@@H]1CCS(=O)(=O)C1. The van der Waals surface area contributed by atoms with E-state index in [1.165, 1.54) is 0 Å². The molecule has 1 heterocycles. The van der Waals surface area contributed by atoms with Crippen LogP contribution in [0, 0.1) is 11.8 Å². The van der Waals surface area contributed by atoms with Crippen molar-refractivity contribution in [2.24, 2.45) is 11.8 Å². The van der Waals surface area contributed by atoms with E-state index in [4.69, 9.17) is 4.74 Å². The number of rotatable bonds is 5. The maximum Gasteiger partial charge on any atom is 0.309 e. The predicted octanol–water partition coefficient (Wildman–Crippen LogP) is -0.142. The molecular formula is C15H22N2O6S. The van der Waals surface area contributed by atoms with Crippen LogP contribution in [-0.4, -0.2) is 44.3 Å². The summed E-state index contributed by atoms with van der Waals surface area (Å²) in [4.78, 5) is 35.0. The highest BCUT2D eigenvalue weighted by Crippen LogP contribution is 2.21. The molecule has 24 heavy (non-hydrogen) atoms. The van der Waals surface area contributed by atoms with Gasteiger partial charge in [-0.25, -0.2) is 8.42 Å². The second-order valence-electron chi connectivity index (χ2n) is 6.16. The minimum Gasteiger partial charge on any atom is -0.455 e. The van der Waals surface area contributed by atoms with Crippen LogP contribution in [0.5, 0.6) is 0 Å². The van der Waals surface area contributed by atoms with Crippen molar-refractivity contribution < 1.29 is 27.5 Å². The monoisotopic (exact) mass is 358 g/mol. The van der Waals surface area contributed by atoms with Crippen LogP contribution in [0.3, 0.4) is 0 Å². The standard InChI is InChI=1S/C15H22N2O6S/c18-13(8-11-6-7-24(21,22)10-11)16-17-14(19)9-23-15(20)12-4-2-1-3-5-12/h1-2,11-12H,3-10H2,(H,16,18)(H,17,19)/t11-,12-/m0/s1. The maximum absolute atomic E-state index is 11.8. The van der Waals surface area contributed by atoms with E-state index in [-0.39, 0.29) is 29.8 Å². The van der Waals surface area contributed by atoms with Crippen molar-refractivity contribution in [2.45, 2.75) is 32.1 Å². The van der Waals surface area contributed by atoms with Crippen molar-refractivity contribution in [3.05, 3.63) is 12.2 Å². The first-order valence-corrected chi connectivity index (χ1v) is 9.77. The number of allylic oxidation sites excluding steroid dienone is 2. The van der Waals surface area contributed by atoms with Crippen LogP contribution in [0.15, 0.2) is 12.2 Å². The van der Waals surface area contributed by atoms with Crippen LogP contribution >= 0.6 is 0 Å². The summed E-state index contributed by atoms with van der Waals surface area (Å²) in [7, 11) is -3.03. The summed E-state index contributed by atoms with van der Waals surface area (Å²) in [6.45, 7) is -0.461. The van der Waals surface area contributed by atoms with Gasteiger partial charge in [0.1, 0.15) is 0 Å². The number of esters is 1. The summed E-state index contributed by atoms with van der Waals surface area (Å²) in [6, 6.07) is 0. The van der Waals surface area contributed by atoms with Crippen molar-refractivity contribution in [3.63, 3.8) is 0 Å². The van der Waals surface area contributed by atoms with Crippen LogP contribution in [0.25, 0.3) is 0 Å². The first-order chi connectivity index (χ1) is 11.4. The van der Waals surface area contributed by atoms with Gasteiger partial charge in [0.15, 0.2) is 16.4 Å².